The molecular weight excluding hydrogens is 462 g/mol. The van der Waals surface area contributed by atoms with Crippen LogP contribution >= 0.6 is 0 Å². The first-order valence-electron chi connectivity index (χ1n) is 12.8. The number of likely N-dealkylation sites (N-methyl/N-ethyl adjacent to an activating group) is 2. The largest absolute Gasteiger partial charge is 0.494 e. The number of piperazine rings is 1. The Morgan fingerprint density at radius 1 is 1.05 bits per heavy atom. The Bertz CT molecular complexity index is 1300. The average molecular weight is 498 g/mol. The molecule has 1 saturated heterocycles. The molecule has 0 saturated carbocycles. The molecule has 37 heavy (non-hydrogen) atoms. The van der Waals surface area contributed by atoms with Gasteiger partial charge in [-0.05, 0) is 43.1 Å². The molecule has 0 bridgehead atoms. The average Bonchev–Trinajstić information content (AvgIpc) is 2.93. The van der Waals surface area contributed by atoms with Gasteiger partial charge in [0.2, 0.25) is 5.95 Å². The second-order valence-electron chi connectivity index (χ2n) is 9.61. The lowest BCUT2D eigenvalue weighted by atomic mass is 9.88. The first-order valence-corrected chi connectivity index (χ1v) is 12.8. The van der Waals surface area contributed by atoms with Crippen molar-refractivity contribution in [1.29, 1.82) is 5.41 Å². The second-order valence-corrected chi connectivity index (χ2v) is 9.61. The van der Waals surface area contributed by atoms with Gasteiger partial charge in [-0.2, -0.15) is 0 Å². The summed E-state index contributed by atoms with van der Waals surface area (Å²) < 4.78 is 5.73. The summed E-state index contributed by atoms with van der Waals surface area (Å²) in [5, 5.41) is 15.5. The van der Waals surface area contributed by atoms with Gasteiger partial charge in [0.1, 0.15) is 5.75 Å². The van der Waals surface area contributed by atoms with E-state index in [9.17, 15) is 0 Å². The minimum Gasteiger partial charge on any atom is -0.494 e. The highest BCUT2D eigenvalue weighted by molar-refractivity contribution is 6.24. The van der Waals surface area contributed by atoms with Crippen LogP contribution < -0.4 is 20.3 Å². The van der Waals surface area contributed by atoms with Gasteiger partial charge in [-0.15, -0.1) is 0 Å². The van der Waals surface area contributed by atoms with E-state index in [2.05, 4.69) is 56.7 Å². The molecule has 0 spiro atoms. The summed E-state index contributed by atoms with van der Waals surface area (Å²) in [6.45, 7) is 4.10. The Morgan fingerprint density at radius 2 is 1.84 bits per heavy atom. The van der Waals surface area contributed by atoms with E-state index in [1.54, 1.807) is 7.11 Å². The number of anilines is 3. The predicted octanol–water partition coefficient (Wildman–Crippen LogP) is 4.12. The molecule has 2 heterocycles. The van der Waals surface area contributed by atoms with E-state index < -0.39 is 0 Å². The van der Waals surface area contributed by atoms with Crippen molar-refractivity contribution in [3.8, 4) is 5.75 Å². The number of aryl methyl sites for hydroxylation is 1. The van der Waals surface area contributed by atoms with Crippen LogP contribution in [0.4, 0.5) is 17.3 Å². The molecule has 2 aromatic carbocycles. The van der Waals surface area contributed by atoms with Gasteiger partial charge in [-0.3, -0.25) is 0 Å². The Labute approximate surface area is 218 Å². The molecule has 1 aliphatic heterocycles. The molecule has 0 amide bonds. The molecule has 3 aromatic rings. The van der Waals surface area contributed by atoms with Crippen LogP contribution in [0.25, 0.3) is 5.57 Å². The van der Waals surface area contributed by atoms with Crippen molar-refractivity contribution in [2.75, 3.05) is 57.6 Å². The standard InChI is InChI=1S/C29H35N7O/c1-31-25(17-20-7-5-4-6-8-20)27-23(30)11-9-21-19-32-29(34-28(21)27)33-24-12-10-22(18-26(24)37-3)36-15-13-35(2)14-16-36/h4-8,10,12,18-19,30-31H,9,11,13-17H2,1-3H3,(H,32,33,34)/b27-25+,30-23?. The Kier molecular flexibility index (Phi) is 7.37. The zero-order chi connectivity index (χ0) is 25.8. The number of nitrogens with zero attached hydrogens (tertiary/aromatic N) is 4. The lowest BCUT2D eigenvalue weighted by Crippen LogP contribution is -2.44. The van der Waals surface area contributed by atoms with E-state index in [1.165, 1.54) is 5.56 Å². The zero-order valence-corrected chi connectivity index (χ0v) is 21.8. The minimum atomic E-state index is 0.492. The fourth-order valence-electron chi connectivity index (χ4n) is 4.99. The number of rotatable bonds is 7. The number of aromatic nitrogens is 2. The Balaban J connectivity index is 1.44. The molecular formula is C29H35N7O. The van der Waals surface area contributed by atoms with Gasteiger partial charge in [-0.25, -0.2) is 9.97 Å². The summed E-state index contributed by atoms with van der Waals surface area (Å²) in [4.78, 5) is 14.3. The normalized spacial score (nSPS) is 17.3. The van der Waals surface area contributed by atoms with Crippen molar-refractivity contribution in [2.24, 2.45) is 0 Å². The van der Waals surface area contributed by atoms with Gasteiger partial charge < -0.3 is 30.6 Å². The molecule has 5 rings (SSSR count). The van der Waals surface area contributed by atoms with Crippen molar-refractivity contribution in [3.63, 3.8) is 0 Å². The highest BCUT2D eigenvalue weighted by Gasteiger charge is 2.25. The number of allylic oxidation sites excluding steroid dienone is 2. The first kappa shape index (κ1) is 24.8. The molecule has 1 fully saturated rings. The Hall–Kier alpha value is -3.91. The number of methoxy groups -OCH3 is 1. The fraction of sp³-hybridized carbons (Fsp3) is 0.345. The molecule has 0 radical (unpaired) electrons. The highest BCUT2D eigenvalue weighted by Crippen LogP contribution is 2.34. The van der Waals surface area contributed by atoms with Crippen LogP contribution in [0.15, 0.2) is 60.4 Å². The third-order valence-electron chi connectivity index (χ3n) is 7.17. The monoisotopic (exact) mass is 497 g/mol. The summed E-state index contributed by atoms with van der Waals surface area (Å²) in [6.07, 6.45) is 4.05. The molecule has 8 nitrogen and oxygen atoms in total. The van der Waals surface area contributed by atoms with Crippen molar-refractivity contribution < 1.29 is 4.74 Å². The fourth-order valence-corrected chi connectivity index (χ4v) is 4.99. The summed E-state index contributed by atoms with van der Waals surface area (Å²) in [5.41, 5.74) is 7.52. The van der Waals surface area contributed by atoms with Gasteiger partial charge in [-0.1, -0.05) is 30.3 Å². The van der Waals surface area contributed by atoms with Crippen LogP contribution in [0, 0.1) is 5.41 Å². The van der Waals surface area contributed by atoms with Crippen molar-refractivity contribution >= 4 is 28.6 Å². The van der Waals surface area contributed by atoms with Crippen LogP contribution in [-0.2, 0) is 12.8 Å². The van der Waals surface area contributed by atoms with Gasteiger partial charge in [0.25, 0.3) is 0 Å². The summed E-state index contributed by atoms with van der Waals surface area (Å²) in [5.74, 6) is 1.24. The molecule has 192 valence electrons. The van der Waals surface area contributed by atoms with Crippen LogP contribution in [0.1, 0.15) is 23.2 Å². The van der Waals surface area contributed by atoms with Crippen LogP contribution in [0.3, 0.4) is 0 Å². The summed E-state index contributed by atoms with van der Waals surface area (Å²) >= 11 is 0. The predicted molar refractivity (Wildman–Crippen MR) is 150 cm³/mol. The van der Waals surface area contributed by atoms with Crippen molar-refractivity contribution in [3.05, 3.63) is 77.2 Å². The lowest BCUT2D eigenvalue weighted by Gasteiger charge is -2.34. The van der Waals surface area contributed by atoms with Crippen molar-refractivity contribution in [1.82, 2.24) is 20.2 Å². The van der Waals surface area contributed by atoms with E-state index in [1.807, 2.05) is 37.5 Å². The van der Waals surface area contributed by atoms with E-state index in [0.29, 0.717) is 24.5 Å². The Morgan fingerprint density at radius 3 is 2.57 bits per heavy atom. The number of fused-ring (bicyclic) bond motifs is 1. The van der Waals surface area contributed by atoms with Gasteiger partial charge in [0, 0.05) is 74.6 Å². The second kappa shape index (κ2) is 11.0. The van der Waals surface area contributed by atoms with E-state index in [4.69, 9.17) is 15.1 Å². The van der Waals surface area contributed by atoms with Gasteiger partial charge >= 0.3 is 0 Å². The van der Waals surface area contributed by atoms with Crippen molar-refractivity contribution in [2.45, 2.75) is 19.3 Å². The summed E-state index contributed by atoms with van der Waals surface area (Å²) in [7, 11) is 5.76. The van der Waals surface area contributed by atoms with Crippen LogP contribution in [-0.4, -0.2) is 68.0 Å². The lowest BCUT2D eigenvalue weighted by molar-refractivity contribution is 0.312. The number of ether oxygens (including phenoxy) is 1. The van der Waals surface area contributed by atoms with Gasteiger partial charge in [0.05, 0.1) is 18.5 Å². The minimum absolute atomic E-state index is 0.492. The number of nitrogens with one attached hydrogen (secondary N) is 3. The molecule has 1 aliphatic carbocycles. The number of hydrogen-bond acceptors (Lipinski definition) is 8. The van der Waals surface area contributed by atoms with E-state index in [0.717, 1.165) is 72.3 Å². The first-order chi connectivity index (χ1) is 18.1. The molecule has 0 atom stereocenters. The third-order valence-corrected chi connectivity index (χ3v) is 7.17. The third kappa shape index (κ3) is 5.44. The maximum absolute atomic E-state index is 8.76. The maximum Gasteiger partial charge on any atom is 0.227 e. The molecule has 2 aliphatic rings. The molecule has 1 aromatic heterocycles. The van der Waals surface area contributed by atoms with Crippen LogP contribution in [0.2, 0.25) is 0 Å². The maximum atomic E-state index is 8.76. The molecule has 0 unspecified atom stereocenters. The number of benzene rings is 2. The van der Waals surface area contributed by atoms with Crippen LogP contribution in [0.5, 0.6) is 5.75 Å². The molecule has 8 heteroatoms. The zero-order valence-electron chi connectivity index (χ0n) is 21.8. The number of hydrogen-bond donors (Lipinski definition) is 3. The SMILES string of the molecule is CN/C(Cc1ccccc1)=C1\C(=N)CCc2cnc(Nc3ccc(N4CCN(C)CC4)cc3OC)nc21. The summed E-state index contributed by atoms with van der Waals surface area (Å²) in [6, 6.07) is 16.5. The topological polar surface area (TPSA) is 89.4 Å². The van der Waals surface area contributed by atoms with E-state index >= 15 is 0 Å². The van der Waals surface area contributed by atoms with E-state index in [-0.39, 0.29) is 0 Å². The van der Waals surface area contributed by atoms with Gasteiger partial charge in [0.15, 0.2) is 0 Å². The quantitative estimate of drug-likeness (QED) is 0.452. The highest BCUT2D eigenvalue weighted by atomic mass is 16.5. The smallest absolute Gasteiger partial charge is 0.227 e. The molecule has 3 N–H and O–H groups in total.